The van der Waals surface area contributed by atoms with Crippen molar-refractivity contribution in [2.24, 2.45) is 0 Å². The van der Waals surface area contributed by atoms with Gasteiger partial charge in [0.1, 0.15) is 0 Å². The Labute approximate surface area is 116 Å². The monoisotopic (exact) mass is 254 g/mol. The number of rotatable bonds is 6. The van der Waals surface area contributed by atoms with Crippen LogP contribution in [0.4, 0.5) is 0 Å². The van der Waals surface area contributed by atoms with Crippen molar-refractivity contribution in [2.75, 3.05) is 6.61 Å². The topological polar surface area (TPSA) is 9.23 Å². The van der Waals surface area contributed by atoms with Crippen molar-refractivity contribution in [2.45, 2.75) is 32.3 Å². The van der Waals surface area contributed by atoms with Gasteiger partial charge in [-0.15, -0.1) is 0 Å². The lowest BCUT2D eigenvalue weighted by atomic mass is 9.91. The zero-order valence-electron chi connectivity index (χ0n) is 11.7. The highest BCUT2D eigenvalue weighted by atomic mass is 16.5. The van der Waals surface area contributed by atoms with Crippen LogP contribution in [0.1, 0.15) is 31.7 Å². The third-order valence-electron chi connectivity index (χ3n) is 3.61. The Kier molecular flexibility index (Phi) is 4.75. The molecule has 0 radical (unpaired) electrons. The number of hydrogen-bond acceptors (Lipinski definition) is 1. The van der Waals surface area contributed by atoms with Crippen molar-refractivity contribution in [3.63, 3.8) is 0 Å². The fraction of sp³-hybridized carbons (Fsp3) is 0.333. The Morgan fingerprint density at radius 3 is 2.74 bits per heavy atom. The van der Waals surface area contributed by atoms with Gasteiger partial charge in [-0.1, -0.05) is 69.3 Å². The van der Waals surface area contributed by atoms with E-state index < -0.39 is 0 Å². The lowest BCUT2D eigenvalue weighted by Gasteiger charge is -2.15. The van der Waals surface area contributed by atoms with E-state index in [1.54, 1.807) is 0 Å². The Morgan fingerprint density at radius 2 is 2.11 bits per heavy atom. The van der Waals surface area contributed by atoms with Crippen LogP contribution in [0.2, 0.25) is 0 Å². The Hall–Kier alpha value is -1.60. The average molecular weight is 254 g/mol. The van der Waals surface area contributed by atoms with Crippen LogP contribution in [0.15, 0.2) is 60.7 Å². The summed E-state index contributed by atoms with van der Waals surface area (Å²) in [5, 5.41) is 0. The zero-order chi connectivity index (χ0) is 13.7. The lowest BCUT2D eigenvalue weighted by Crippen LogP contribution is -2.09. The van der Waals surface area contributed by atoms with Crippen molar-refractivity contribution < 1.29 is 4.74 Å². The molecule has 0 N–H and O–H groups in total. The van der Waals surface area contributed by atoms with E-state index in [0.717, 1.165) is 12.0 Å². The van der Waals surface area contributed by atoms with E-state index in [-0.39, 0.29) is 6.10 Å². The highest BCUT2D eigenvalue weighted by molar-refractivity contribution is 5.77. The summed E-state index contributed by atoms with van der Waals surface area (Å²) in [5.41, 5.74) is 4.75. The van der Waals surface area contributed by atoms with E-state index in [2.05, 4.69) is 44.3 Å². The van der Waals surface area contributed by atoms with Crippen LogP contribution in [0.3, 0.4) is 0 Å². The van der Waals surface area contributed by atoms with Gasteiger partial charge in [0.2, 0.25) is 0 Å². The van der Waals surface area contributed by atoms with Gasteiger partial charge >= 0.3 is 0 Å². The average Bonchev–Trinajstić information content (AvgIpc) is 2.89. The highest BCUT2D eigenvalue weighted by Crippen LogP contribution is 2.36. The van der Waals surface area contributed by atoms with Crippen molar-refractivity contribution in [1.29, 1.82) is 0 Å². The second-order valence-corrected chi connectivity index (χ2v) is 4.93. The van der Waals surface area contributed by atoms with Crippen LogP contribution in [-0.2, 0) is 4.74 Å². The smallest absolute Gasteiger partial charge is 0.0839 e. The van der Waals surface area contributed by atoms with E-state index in [0.29, 0.717) is 6.61 Å². The van der Waals surface area contributed by atoms with Crippen LogP contribution < -0.4 is 0 Å². The van der Waals surface area contributed by atoms with Crippen molar-refractivity contribution in [3.8, 4) is 0 Å². The molecule has 2 rings (SSSR count). The predicted octanol–water partition coefficient (Wildman–Crippen LogP) is 4.77. The van der Waals surface area contributed by atoms with Gasteiger partial charge in [0.25, 0.3) is 0 Å². The fourth-order valence-electron chi connectivity index (χ4n) is 2.52. The first-order valence-corrected chi connectivity index (χ1v) is 6.99. The van der Waals surface area contributed by atoms with E-state index >= 15 is 0 Å². The normalized spacial score (nSPS) is 18.7. The van der Waals surface area contributed by atoms with Gasteiger partial charge in [0, 0.05) is 0 Å². The van der Waals surface area contributed by atoms with E-state index in [4.69, 9.17) is 4.74 Å². The zero-order valence-corrected chi connectivity index (χ0v) is 11.7. The highest BCUT2D eigenvalue weighted by Gasteiger charge is 2.27. The molecule has 1 aliphatic rings. The molecular formula is C18H22O. The van der Waals surface area contributed by atoms with Gasteiger partial charge in [-0.3, -0.25) is 0 Å². The third kappa shape index (κ3) is 3.05. The standard InChI is InChI=1S/C18H22O/c1-4-6-12-17-18(15-10-8-7-9-11-15)16(13-19-17)14(3)5-2/h5,7-11,17H,2-4,6,12-13H2,1H3. The molecule has 1 heterocycles. The molecule has 100 valence electrons. The number of hydrogen-bond donors (Lipinski definition) is 0. The minimum Gasteiger partial charge on any atom is -0.369 e. The summed E-state index contributed by atoms with van der Waals surface area (Å²) in [5.74, 6) is 0. The molecule has 0 fully saturated rings. The van der Waals surface area contributed by atoms with E-state index in [1.807, 2.05) is 12.1 Å². The van der Waals surface area contributed by atoms with Crippen LogP contribution >= 0.6 is 0 Å². The predicted molar refractivity (Wildman–Crippen MR) is 82.0 cm³/mol. The molecule has 1 aliphatic heterocycles. The Bertz CT molecular complexity index is 482. The molecule has 1 heteroatoms. The maximum atomic E-state index is 5.97. The van der Waals surface area contributed by atoms with Crippen LogP contribution in [0.25, 0.3) is 5.57 Å². The maximum absolute atomic E-state index is 5.97. The molecule has 0 aromatic heterocycles. The molecule has 1 unspecified atom stereocenters. The second-order valence-electron chi connectivity index (χ2n) is 4.93. The minimum atomic E-state index is 0.203. The van der Waals surface area contributed by atoms with Gasteiger partial charge in [-0.2, -0.15) is 0 Å². The number of benzene rings is 1. The van der Waals surface area contributed by atoms with Crippen LogP contribution in [0.5, 0.6) is 0 Å². The summed E-state index contributed by atoms with van der Waals surface area (Å²) >= 11 is 0. The maximum Gasteiger partial charge on any atom is 0.0839 e. The van der Waals surface area contributed by atoms with Crippen LogP contribution in [0, 0.1) is 0 Å². The molecule has 0 bridgehead atoms. The van der Waals surface area contributed by atoms with Crippen LogP contribution in [-0.4, -0.2) is 12.7 Å². The van der Waals surface area contributed by atoms with E-state index in [1.165, 1.54) is 29.6 Å². The van der Waals surface area contributed by atoms with Gasteiger partial charge in [0.15, 0.2) is 0 Å². The largest absolute Gasteiger partial charge is 0.369 e. The van der Waals surface area contributed by atoms with Crippen molar-refractivity contribution in [1.82, 2.24) is 0 Å². The molecule has 0 saturated heterocycles. The van der Waals surface area contributed by atoms with Crippen molar-refractivity contribution in [3.05, 3.63) is 66.3 Å². The Morgan fingerprint density at radius 1 is 1.37 bits per heavy atom. The molecule has 0 spiro atoms. The number of ether oxygens (including phenoxy) is 1. The molecule has 1 atom stereocenters. The molecular weight excluding hydrogens is 232 g/mol. The quantitative estimate of drug-likeness (QED) is 0.664. The van der Waals surface area contributed by atoms with Gasteiger partial charge in [0.05, 0.1) is 12.7 Å². The fourth-order valence-corrected chi connectivity index (χ4v) is 2.52. The second kappa shape index (κ2) is 6.53. The van der Waals surface area contributed by atoms with E-state index in [9.17, 15) is 0 Å². The number of allylic oxidation sites excluding steroid dienone is 1. The first-order valence-electron chi connectivity index (χ1n) is 6.99. The molecule has 19 heavy (non-hydrogen) atoms. The summed E-state index contributed by atoms with van der Waals surface area (Å²) in [6, 6.07) is 10.5. The summed E-state index contributed by atoms with van der Waals surface area (Å²) in [6.45, 7) is 10.8. The first-order chi connectivity index (χ1) is 9.27. The Balaban J connectivity index is 2.37. The lowest BCUT2D eigenvalue weighted by molar-refractivity contribution is 0.122. The molecule has 1 aromatic carbocycles. The molecule has 0 aliphatic carbocycles. The SMILES string of the molecule is C=CC(=C)C1=C(c2ccccc2)C(CCCC)OC1. The summed E-state index contributed by atoms with van der Waals surface area (Å²) in [7, 11) is 0. The first kappa shape index (κ1) is 13.8. The summed E-state index contributed by atoms with van der Waals surface area (Å²) in [4.78, 5) is 0. The van der Waals surface area contributed by atoms with Gasteiger partial charge in [-0.05, 0) is 28.7 Å². The van der Waals surface area contributed by atoms with Crippen molar-refractivity contribution >= 4 is 5.57 Å². The molecule has 0 amide bonds. The van der Waals surface area contributed by atoms with Gasteiger partial charge < -0.3 is 4.74 Å². The van der Waals surface area contributed by atoms with Gasteiger partial charge in [-0.25, -0.2) is 0 Å². The molecule has 1 nitrogen and oxygen atoms in total. The molecule has 1 aromatic rings. The molecule has 0 saturated carbocycles. The summed E-state index contributed by atoms with van der Waals surface area (Å²) < 4.78 is 5.97. The third-order valence-corrected chi connectivity index (χ3v) is 3.61. The summed E-state index contributed by atoms with van der Waals surface area (Å²) in [6.07, 6.45) is 5.49. The minimum absolute atomic E-state index is 0.203. The number of unbranched alkanes of at least 4 members (excludes halogenated alkanes) is 1.